The molecule has 1 aromatic rings. The van der Waals surface area contributed by atoms with Crippen LogP contribution in [-0.2, 0) is 14.7 Å². The van der Waals surface area contributed by atoms with Crippen molar-refractivity contribution < 1.29 is 13.3 Å². The van der Waals surface area contributed by atoms with E-state index in [4.69, 9.17) is 4.84 Å². The van der Waals surface area contributed by atoms with Crippen LogP contribution in [0.15, 0.2) is 16.4 Å². The first-order valence-corrected chi connectivity index (χ1v) is 9.87. The Bertz CT molecular complexity index is 735. The Balaban J connectivity index is 1.97. The van der Waals surface area contributed by atoms with E-state index in [2.05, 4.69) is 15.1 Å². The molecule has 126 valence electrons. The minimum absolute atomic E-state index is 0.00387. The summed E-state index contributed by atoms with van der Waals surface area (Å²) in [6, 6.07) is 0. The Morgan fingerprint density at radius 3 is 2.61 bits per heavy atom. The SMILES string of the molecule is CCS(=O)(=O)c1nc(C2=NOC3(CCCC3)C2)cnc1C(C)C. The Labute approximate surface area is 137 Å². The van der Waals surface area contributed by atoms with Crippen molar-refractivity contribution >= 4 is 15.5 Å². The lowest BCUT2D eigenvalue weighted by Gasteiger charge is -2.19. The molecule has 3 rings (SSSR count). The van der Waals surface area contributed by atoms with E-state index < -0.39 is 9.84 Å². The number of hydrogen-bond acceptors (Lipinski definition) is 6. The van der Waals surface area contributed by atoms with Crippen LogP contribution in [0, 0.1) is 0 Å². The molecule has 2 aliphatic rings. The van der Waals surface area contributed by atoms with Gasteiger partial charge in [-0.2, -0.15) is 0 Å². The lowest BCUT2D eigenvalue weighted by atomic mass is 9.95. The molecule has 1 spiro atoms. The van der Waals surface area contributed by atoms with Gasteiger partial charge in [-0.1, -0.05) is 25.9 Å². The molecular weight excluding hydrogens is 314 g/mol. The normalized spacial score (nSPS) is 20.1. The third kappa shape index (κ3) is 2.98. The van der Waals surface area contributed by atoms with E-state index in [-0.39, 0.29) is 22.3 Å². The summed E-state index contributed by atoms with van der Waals surface area (Å²) in [4.78, 5) is 14.5. The van der Waals surface area contributed by atoms with Crippen molar-refractivity contribution in [2.45, 2.75) is 69.4 Å². The number of nitrogens with zero attached hydrogens (tertiary/aromatic N) is 3. The zero-order valence-corrected chi connectivity index (χ0v) is 14.7. The number of aromatic nitrogens is 2. The smallest absolute Gasteiger partial charge is 0.197 e. The van der Waals surface area contributed by atoms with Gasteiger partial charge in [-0.3, -0.25) is 4.98 Å². The lowest BCUT2D eigenvalue weighted by Crippen LogP contribution is -2.25. The van der Waals surface area contributed by atoms with Gasteiger partial charge in [-0.05, 0) is 31.6 Å². The van der Waals surface area contributed by atoms with E-state index in [9.17, 15) is 8.42 Å². The van der Waals surface area contributed by atoms with Crippen LogP contribution in [0.3, 0.4) is 0 Å². The summed E-state index contributed by atoms with van der Waals surface area (Å²) < 4.78 is 24.7. The summed E-state index contributed by atoms with van der Waals surface area (Å²) >= 11 is 0. The molecule has 0 aromatic carbocycles. The minimum atomic E-state index is -3.42. The van der Waals surface area contributed by atoms with Crippen molar-refractivity contribution in [3.8, 4) is 0 Å². The Morgan fingerprint density at radius 2 is 2.00 bits per heavy atom. The van der Waals surface area contributed by atoms with Crippen LogP contribution in [0.2, 0.25) is 0 Å². The summed E-state index contributed by atoms with van der Waals surface area (Å²) in [6.07, 6.45) is 6.61. The summed E-state index contributed by atoms with van der Waals surface area (Å²) in [7, 11) is -3.42. The fourth-order valence-electron chi connectivity index (χ4n) is 3.23. The Kier molecular flexibility index (Phi) is 4.16. The minimum Gasteiger partial charge on any atom is -0.389 e. The zero-order valence-electron chi connectivity index (χ0n) is 13.9. The molecule has 0 amide bonds. The fourth-order valence-corrected chi connectivity index (χ4v) is 4.35. The highest BCUT2D eigenvalue weighted by atomic mass is 32.2. The van der Waals surface area contributed by atoms with Crippen LogP contribution in [0.1, 0.15) is 70.2 Å². The van der Waals surface area contributed by atoms with E-state index >= 15 is 0 Å². The molecule has 0 saturated heterocycles. The van der Waals surface area contributed by atoms with Crippen LogP contribution in [0.25, 0.3) is 0 Å². The second-order valence-electron chi connectivity index (χ2n) is 6.70. The highest BCUT2D eigenvalue weighted by molar-refractivity contribution is 7.91. The van der Waals surface area contributed by atoms with Crippen molar-refractivity contribution in [2.75, 3.05) is 5.75 Å². The van der Waals surface area contributed by atoms with Gasteiger partial charge in [0, 0.05) is 6.42 Å². The summed E-state index contributed by atoms with van der Waals surface area (Å²) in [5.74, 6) is 0.00780. The molecule has 0 bridgehead atoms. The van der Waals surface area contributed by atoms with E-state index in [0.29, 0.717) is 23.5 Å². The molecule has 0 radical (unpaired) electrons. The van der Waals surface area contributed by atoms with Gasteiger partial charge < -0.3 is 4.84 Å². The third-order valence-corrected chi connectivity index (χ3v) is 6.29. The van der Waals surface area contributed by atoms with Gasteiger partial charge in [0.25, 0.3) is 0 Å². The maximum absolute atomic E-state index is 12.4. The van der Waals surface area contributed by atoms with E-state index in [1.165, 1.54) is 0 Å². The molecule has 23 heavy (non-hydrogen) atoms. The monoisotopic (exact) mass is 337 g/mol. The standard InChI is InChI=1S/C16H23N3O3S/c1-4-23(20,21)15-14(11(2)3)17-10-13(18-15)12-9-16(22-19-12)7-5-6-8-16/h10-11H,4-9H2,1-3H3. The fraction of sp³-hybridized carbons (Fsp3) is 0.688. The third-order valence-electron chi connectivity index (χ3n) is 4.64. The van der Waals surface area contributed by atoms with Crippen LogP contribution in [0.4, 0.5) is 0 Å². The van der Waals surface area contributed by atoms with Crippen molar-refractivity contribution in [1.82, 2.24) is 9.97 Å². The average Bonchev–Trinajstić information content (AvgIpc) is 3.17. The first-order chi connectivity index (χ1) is 10.9. The van der Waals surface area contributed by atoms with Gasteiger partial charge in [-0.15, -0.1) is 0 Å². The molecule has 0 unspecified atom stereocenters. The van der Waals surface area contributed by atoms with Crippen LogP contribution in [0.5, 0.6) is 0 Å². The quantitative estimate of drug-likeness (QED) is 0.844. The molecular formula is C16H23N3O3S. The molecule has 1 aromatic heterocycles. The summed E-state index contributed by atoms with van der Waals surface area (Å²) in [6.45, 7) is 5.46. The average molecular weight is 337 g/mol. The van der Waals surface area contributed by atoms with E-state index in [0.717, 1.165) is 25.7 Å². The number of oxime groups is 1. The summed E-state index contributed by atoms with van der Waals surface area (Å²) in [5.41, 5.74) is 1.55. The molecule has 1 aliphatic heterocycles. The summed E-state index contributed by atoms with van der Waals surface area (Å²) in [5, 5.41) is 4.27. The number of sulfone groups is 1. The molecule has 1 fully saturated rings. The van der Waals surface area contributed by atoms with Gasteiger partial charge in [-0.25, -0.2) is 13.4 Å². The molecule has 0 atom stereocenters. The second kappa shape index (κ2) is 5.85. The van der Waals surface area contributed by atoms with E-state index in [1.807, 2.05) is 13.8 Å². The van der Waals surface area contributed by atoms with Gasteiger partial charge in [0.15, 0.2) is 14.9 Å². The van der Waals surface area contributed by atoms with Crippen LogP contribution in [-0.4, -0.2) is 35.5 Å². The lowest BCUT2D eigenvalue weighted by molar-refractivity contribution is -0.0126. The van der Waals surface area contributed by atoms with Gasteiger partial charge in [0.1, 0.15) is 17.0 Å². The maximum atomic E-state index is 12.4. The second-order valence-corrected chi connectivity index (χ2v) is 8.89. The molecule has 1 aliphatic carbocycles. The number of hydrogen-bond donors (Lipinski definition) is 0. The highest BCUT2D eigenvalue weighted by Crippen LogP contribution is 2.40. The number of rotatable bonds is 4. The molecule has 1 saturated carbocycles. The molecule has 6 nitrogen and oxygen atoms in total. The van der Waals surface area contributed by atoms with Crippen molar-refractivity contribution in [2.24, 2.45) is 5.16 Å². The predicted octanol–water partition coefficient (Wildman–Crippen LogP) is 2.83. The van der Waals surface area contributed by atoms with Gasteiger partial charge >= 0.3 is 0 Å². The highest BCUT2D eigenvalue weighted by Gasteiger charge is 2.42. The zero-order chi connectivity index (χ0) is 16.7. The predicted molar refractivity (Wildman–Crippen MR) is 87.3 cm³/mol. The Hall–Kier alpha value is -1.50. The maximum Gasteiger partial charge on any atom is 0.197 e. The first kappa shape index (κ1) is 16.4. The van der Waals surface area contributed by atoms with Crippen LogP contribution >= 0.6 is 0 Å². The topological polar surface area (TPSA) is 81.5 Å². The van der Waals surface area contributed by atoms with E-state index in [1.54, 1.807) is 13.1 Å². The first-order valence-electron chi connectivity index (χ1n) is 8.22. The molecule has 7 heteroatoms. The molecule has 2 heterocycles. The molecule has 0 N–H and O–H groups in total. The van der Waals surface area contributed by atoms with Gasteiger partial charge in [0.2, 0.25) is 0 Å². The van der Waals surface area contributed by atoms with Crippen molar-refractivity contribution in [1.29, 1.82) is 0 Å². The van der Waals surface area contributed by atoms with Crippen molar-refractivity contribution in [3.63, 3.8) is 0 Å². The van der Waals surface area contributed by atoms with Crippen LogP contribution < -0.4 is 0 Å². The van der Waals surface area contributed by atoms with Crippen molar-refractivity contribution in [3.05, 3.63) is 17.6 Å². The Morgan fingerprint density at radius 1 is 1.30 bits per heavy atom. The van der Waals surface area contributed by atoms with Gasteiger partial charge in [0.05, 0.1) is 17.6 Å². The largest absolute Gasteiger partial charge is 0.389 e.